The summed E-state index contributed by atoms with van der Waals surface area (Å²) in [4.78, 5) is 14.6. The van der Waals surface area contributed by atoms with Gasteiger partial charge in [-0.25, -0.2) is 0 Å². The SMILES string of the molecule is CC1CN(C(=O)CSc2nnc(-c3ccc(Cl)cc3Cl)n2Cc2ccccc2)CCO1. The van der Waals surface area contributed by atoms with Crippen molar-refractivity contribution in [2.45, 2.75) is 24.7 Å². The normalized spacial score (nSPS) is 16.5. The number of hydrogen-bond donors (Lipinski definition) is 0. The van der Waals surface area contributed by atoms with E-state index in [1.54, 1.807) is 12.1 Å². The van der Waals surface area contributed by atoms with E-state index in [2.05, 4.69) is 10.2 Å². The van der Waals surface area contributed by atoms with Crippen LogP contribution in [-0.2, 0) is 16.1 Å². The molecular weight excluding hydrogens is 455 g/mol. The van der Waals surface area contributed by atoms with Gasteiger partial charge >= 0.3 is 0 Å². The lowest BCUT2D eigenvalue weighted by Gasteiger charge is -2.31. The summed E-state index contributed by atoms with van der Waals surface area (Å²) < 4.78 is 7.52. The Balaban J connectivity index is 1.59. The number of benzene rings is 2. The van der Waals surface area contributed by atoms with Gasteiger partial charge in [0.05, 0.1) is 30.0 Å². The maximum absolute atomic E-state index is 12.7. The van der Waals surface area contributed by atoms with Gasteiger partial charge in [-0.2, -0.15) is 0 Å². The van der Waals surface area contributed by atoms with Crippen molar-refractivity contribution < 1.29 is 9.53 Å². The summed E-state index contributed by atoms with van der Waals surface area (Å²) in [7, 11) is 0. The van der Waals surface area contributed by atoms with Crippen LogP contribution >= 0.6 is 35.0 Å². The predicted octanol–water partition coefficient (Wildman–Crippen LogP) is 4.64. The molecule has 1 amide bonds. The number of morpholine rings is 1. The number of aromatic nitrogens is 3. The fourth-order valence-electron chi connectivity index (χ4n) is 3.44. The van der Waals surface area contributed by atoms with E-state index in [9.17, 15) is 4.79 Å². The molecule has 1 aromatic heterocycles. The molecule has 31 heavy (non-hydrogen) atoms. The first kappa shape index (κ1) is 22.1. The van der Waals surface area contributed by atoms with Crippen molar-refractivity contribution in [2.75, 3.05) is 25.4 Å². The highest BCUT2D eigenvalue weighted by atomic mass is 35.5. The molecule has 6 nitrogen and oxygen atoms in total. The molecule has 1 aliphatic rings. The molecule has 4 rings (SSSR count). The smallest absolute Gasteiger partial charge is 0.233 e. The van der Waals surface area contributed by atoms with Gasteiger partial charge in [0.2, 0.25) is 5.91 Å². The zero-order valence-corrected chi connectivity index (χ0v) is 19.3. The fraction of sp³-hybridized carbons (Fsp3) is 0.318. The second kappa shape index (κ2) is 10.0. The highest BCUT2D eigenvalue weighted by Gasteiger charge is 2.23. The Morgan fingerprint density at radius 2 is 2.00 bits per heavy atom. The quantitative estimate of drug-likeness (QED) is 0.485. The van der Waals surface area contributed by atoms with Gasteiger partial charge in [-0.05, 0) is 30.7 Å². The van der Waals surface area contributed by atoms with E-state index < -0.39 is 0 Å². The molecule has 1 aliphatic heterocycles. The molecule has 1 unspecified atom stereocenters. The fourth-order valence-corrected chi connectivity index (χ4v) is 4.77. The summed E-state index contributed by atoms with van der Waals surface area (Å²) in [5, 5.41) is 10.5. The van der Waals surface area contributed by atoms with Crippen molar-refractivity contribution >= 4 is 40.9 Å². The van der Waals surface area contributed by atoms with Crippen LogP contribution in [0.5, 0.6) is 0 Å². The van der Waals surface area contributed by atoms with E-state index in [1.807, 2.05) is 52.8 Å². The largest absolute Gasteiger partial charge is 0.375 e. The van der Waals surface area contributed by atoms with E-state index in [0.29, 0.717) is 47.3 Å². The predicted molar refractivity (Wildman–Crippen MR) is 124 cm³/mol. The van der Waals surface area contributed by atoms with Gasteiger partial charge in [0, 0.05) is 23.7 Å². The molecule has 3 aromatic rings. The van der Waals surface area contributed by atoms with Crippen molar-refractivity contribution in [1.29, 1.82) is 0 Å². The Morgan fingerprint density at radius 3 is 2.74 bits per heavy atom. The van der Waals surface area contributed by atoms with Crippen LogP contribution in [0.1, 0.15) is 12.5 Å². The minimum atomic E-state index is 0.0584. The molecule has 0 bridgehead atoms. The first-order chi connectivity index (χ1) is 15.0. The number of amides is 1. The monoisotopic (exact) mass is 476 g/mol. The minimum absolute atomic E-state index is 0.0584. The summed E-state index contributed by atoms with van der Waals surface area (Å²) in [6.45, 7) is 4.34. The van der Waals surface area contributed by atoms with Gasteiger partial charge in [-0.1, -0.05) is 65.3 Å². The zero-order valence-electron chi connectivity index (χ0n) is 17.0. The van der Waals surface area contributed by atoms with E-state index in [4.69, 9.17) is 27.9 Å². The van der Waals surface area contributed by atoms with Crippen molar-refractivity contribution in [3.05, 3.63) is 64.1 Å². The Morgan fingerprint density at radius 1 is 1.19 bits per heavy atom. The minimum Gasteiger partial charge on any atom is -0.375 e. The van der Waals surface area contributed by atoms with Gasteiger partial charge in [0.15, 0.2) is 11.0 Å². The number of halogens is 2. The highest BCUT2D eigenvalue weighted by Crippen LogP contribution is 2.32. The van der Waals surface area contributed by atoms with E-state index in [0.717, 1.165) is 11.1 Å². The van der Waals surface area contributed by atoms with Crippen LogP contribution in [0.4, 0.5) is 0 Å². The molecular formula is C22H22Cl2N4O2S. The average molecular weight is 477 g/mol. The van der Waals surface area contributed by atoms with Crippen molar-refractivity contribution in [3.8, 4) is 11.4 Å². The maximum Gasteiger partial charge on any atom is 0.233 e. The number of rotatable bonds is 6. The summed E-state index contributed by atoms with van der Waals surface area (Å²) in [5.41, 5.74) is 1.85. The van der Waals surface area contributed by atoms with E-state index >= 15 is 0 Å². The Kier molecular flexibility index (Phi) is 7.17. The van der Waals surface area contributed by atoms with Gasteiger partial charge in [-0.15, -0.1) is 10.2 Å². The molecule has 2 heterocycles. The Labute approximate surface area is 195 Å². The lowest BCUT2D eigenvalue weighted by molar-refractivity contribution is -0.135. The second-order valence-electron chi connectivity index (χ2n) is 7.31. The third-order valence-electron chi connectivity index (χ3n) is 4.99. The molecule has 2 aromatic carbocycles. The summed E-state index contributed by atoms with van der Waals surface area (Å²) in [6, 6.07) is 15.4. The molecule has 0 aliphatic carbocycles. The van der Waals surface area contributed by atoms with Gasteiger partial charge in [0.1, 0.15) is 0 Å². The van der Waals surface area contributed by atoms with E-state index in [1.165, 1.54) is 11.8 Å². The number of thioether (sulfide) groups is 1. The third-order valence-corrected chi connectivity index (χ3v) is 6.49. The molecule has 0 N–H and O–H groups in total. The highest BCUT2D eigenvalue weighted by molar-refractivity contribution is 7.99. The number of nitrogens with zero attached hydrogens (tertiary/aromatic N) is 4. The maximum atomic E-state index is 12.7. The molecule has 1 atom stereocenters. The second-order valence-corrected chi connectivity index (χ2v) is 9.10. The number of carbonyl (C=O) groups excluding carboxylic acids is 1. The van der Waals surface area contributed by atoms with Gasteiger partial charge in [-0.3, -0.25) is 9.36 Å². The molecule has 0 spiro atoms. The van der Waals surface area contributed by atoms with Crippen molar-refractivity contribution in [3.63, 3.8) is 0 Å². The lowest BCUT2D eigenvalue weighted by Crippen LogP contribution is -2.45. The topological polar surface area (TPSA) is 60.2 Å². The van der Waals surface area contributed by atoms with Crippen LogP contribution in [-0.4, -0.2) is 57.1 Å². The van der Waals surface area contributed by atoms with Crippen LogP contribution in [0.25, 0.3) is 11.4 Å². The summed E-state index contributed by atoms with van der Waals surface area (Å²) >= 11 is 13.9. The van der Waals surface area contributed by atoms with Crippen molar-refractivity contribution in [2.24, 2.45) is 0 Å². The molecule has 162 valence electrons. The summed E-state index contributed by atoms with van der Waals surface area (Å²) in [5.74, 6) is 0.995. The van der Waals surface area contributed by atoms with Gasteiger partial charge < -0.3 is 9.64 Å². The first-order valence-corrected chi connectivity index (χ1v) is 11.7. The average Bonchev–Trinajstić information content (AvgIpc) is 3.15. The molecule has 0 radical (unpaired) electrons. The summed E-state index contributed by atoms with van der Waals surface area (Å²) in [6.07, 6.45) is 0.0584. The molecule has 9 heteroatoms. The number of hydrogen-bond acceptors (Lipinski definition) is 5. The Bertz CT molecular complexity index is 1060. The Hall–Kier alpha value is -2.06. The van der Waals surface area contributed by atoms with Crippen LogP contribution in [0.3, 0.4) is 0 Å². The standard InChI is InChI=1S/C22H22Cl2N4O2S/c1-15-12-27(9-10-30-15)20(29)14-31-22-26-25-21(18-8-7-17(23)11-19(18)24)28(22)13-16-5-3-2-4-6-16/h2-8,11,15H,9-10,12-14H2,1H3. The van der Waals surface area contributed by atoms with E-state index in [-0.39, 0.29) is 17.8 Å². The van der Waals surface area contributed by atoms with Crippen molar-refractivity contribution in [1.82, 2.24) is 19.7 Å². The number of carbonyl (C=O) groups is 1. The van der Waals surface area contributed by atoms with Crippen LogP contribution in [0, 0.1) is 0 Å². The first-order valence-electron chi connectivity index (χ1n) is 9.96. The van der Waals surface area contributed by atoms with Crippen LogP contribution < -0.4 is 0 Å². The van der Waals surface area contributed by atoms with Crippen LogP contribution in [0.2, 0.25) is 10.0 Å². The van der Waals surface area contributed by atoms with Gasteiger partial charge in [0.25, 0.3) is 0 Å². The van der Waals surface area contributed by atoms with Crippen LogP contribution in [0.15, 0.2) is 53.7 Å². The molecule has 0 saturated carbocycles. The number of ether oxygens (including phenoxy) is 1. The molecule has 1 saturated heterocycles. The third kappa shape index (κ3) is 5.41. The molecule has 1 fully saturated rings. The zero-order chi connectivity index (χ0) is 21.8. The lowest BCUT2D eigenvalue weighted by atomic mass is 10.2.